The molecule has 3 aromatic heterocycles. The van der Waals surface area contributed by atoms with Gasteiger partial charge in [-0.1, -0.05) is 59.9 Å². The standard InChI is InChI=1S/C28H21N3OS2/c1-30-16-18(19-8-4-5-10-22(19)30)15-24-27(32)31-26(23-11-6-14-33-23)21-13-12-17-7-2-3-9-20(17)25(21)29-28(31)34-24/h2-11,14-16,26H,12-13H2,1H3/b24-15+. The molecular weight excluding hydrogens is 458 g/mol. The lowest BCUT2D eigenvalue weighted by atomic mass is 9.85. The molecule has 166 valence electrons. The van der Waals surface area contributed by atoms with Gasteiger partial charge in [-0.15, -0.1) is 11.3 Å². The molecule has 1 unspecified atom stereocenters. The molecule has 1 atom stereocenters. The van der Waals surface area contributed by atoms with Crippen molar-refractivity contribution in [3.8, 4) is 0 Å². The van der Waals surface area contributed by atoms with E-state index in [1.807, 2.05) is 29.8 Å². The fourth-order valence-corrected chi connectivity index (χ4v) is 7.19. The summed E-state index contributed by atoms with van der Waals surface area (Å²) in [4.78, 5) is 20.9. The van der Waals surface area contributed by atoms with Crippen molar-refractivity contribution >= 4 is 45.3 Å². The second-order valence-corrected chi connectivity index (χ2v) is 10.8. The normalized spacial score (nSPS) is 17.4. The van der Waals surface area contributed by atoms with Crippen LogP contribution in [0.25, 0.3) is 22.7 Å². The number of thiazole rings is 1. The lowest BCUT2D eigenvalue weighted by Crippen LogP contribution is -2.38. The number of hydrogen-bond acceptors (Lipinski definition) is 4. The summed E-state index contributed by atoms with van der Waals surface area (Å²) in [6.45, 7) is 0. The zero-order chi connectivity index (χ0) is 22.8. The van der Waals surface area contributed by atoms with Crippen LogP contribution in [0.4, 0.5) is 0 Å². The molecule has 4 heterocycles. The first-order valence-corrected chi connectivity index (χ1v) is 13.1. The number of aromatic nitrogens is 2. The summed E-state index contributed by atoms with van der Waals surface area (Å²) in [7, 11) is 2.05. The van der Waals surface area contributed by atoms with Gasteiger partial charge in [-0.25, -0.2) is 4.99 Å². The molecule has 7 rings (SSSR count). The molecule has 4 nitrogen and oxygen atoms in total. The van der Waals surface area contributed by atoms with Crippen LogP contribution in [0.15, 0.2) is 87.6 Å². The van der Waals surface area contributed by atoms with Crippen LogP contribution in [0.2, 0.25) is 0 Å². The summed E-state index contributed by atoms with van der Waals surface area (Å²) in [6.07, 6.45) is 6.04. The average molecular weight is 480 g/mol. The van der Waals surface area contributed by atoms with Gasteiger partial charge in [-0.05, 0) is 47.6 Å². The van der Waals surface area contributed by atoms with E-state index in [0.29, 0.717) is 0 Å². The quantitative estimate of drug-likeness (QED) is 0.356. The smallest absolute Gasteiger partial charge is 0.271 e. The van der Waals surface area contributed by atoms with E-state index in [2.05, 4.69) is 64.7 Å². The summed E-state index contributed by atoms with van der Waals surface area (Å²) in [5, 5.41) is 3.25. The Morgan fingerprint density at radius 3 is 2.76 bits per heavy atom. The third-order valence-corrected chi connectivity index (χ3v) is 8.81. The monoisotopic (exact) mass is 479 g/mol. The summed E-state index contributed by atoms with van der Waals surface area (Å²) in [5.41, 5.74) is 7.11. The summed E-state index contributed by atoms with van der Waals surface area (Å²) in [5.74, 6) is 0. The van der Waals surface area contributed by atoms with E-state index in [9.17, 15) is 4.79 Å². The van der Waals surface area contributed by atoms with E-state index in [4.69, 9.17) is 4.99 Å². The molecule has 6 heteroatoms. The van der Waals surface area contributed by atoms with E-state index < -0.39 is 0 Å². The lowest BCUT2D eigenvalue weighted by Gasteiger charge is -2.30. The molecule has 2 aliphatic rings. The van der Waals surface area contributed by atoms with Crippen LogP contribution in [0.1, 0.15) is 34.0 Å². The number of thiophene rings is 1. The molecule has 2 aromatic carbocycles. The van der Waals surface area contributed by atoms with Crippen LogP contribution in [0, 0.1) is 0 Å². The van der Waals surface area contributed by atoms with Crippen molar-refractivity contribution in [1.82, 2.24) is 9.13 Å². The molecule has 0 saturated carbocycles. The second kappa shape index (κ2) is 7.52. The van der Waals surface area contributed by atoms with Gasteiger partial charge >= 0.3 is 0 Å². The van der Waals surface area contributed by atoms with Gasteiger partial charge < -0.3 is 4.57 Å². The summed E-state index contributed by atoms with van der Waals surface area (Å²) >= 11 is 3.21. The van der Waals surface area contributed by atoms with Crippen LogP contribution in [0.5, 0.6) is 0 Å². The SMILES string of the molecule is Cn1cc(/C=c2/sc3n(c2=O)C(c2cccs2)C2=C(N=3)c3ccccc3CC2)c2ccccc21. The van der Waals surface area contributed by atoms with Crippen molar-refractivity contribution in [1.29, 1.82) is 0 Å². The topological polar surface area (TPSA) is 39.3 Å². The minimum Gasteiger partial charge on any atom is -0.350 e. The predicted molar refractivity (Wildman–Crippen MR) is 140 cm³/mol. The third-order valence-electron chi connectivity index (χ3n) is 6.90. The van der Waals surface area contributed by atoms with E-state index in [1.165, 1.54) is 32.9 Å². The highest BCUT2D eigenvalue weighted by molar-refractivity contribution is 7.10. The second-order valence-electron chi connectivity index (χ2n) is 8.84. The first-order valence-electron chi connectivity index (χ1n) is 11.4. The number of nitrogens with zero attached hydrogens (tertiary/aromatic N) is 3. The number of benzene rings is 2. The van der Waals surface area contributed by atoms with Crippen molar-refractivity contribution in [3.05, 3.63) is 119 Å². The number of aryl methyl sites for hydroxylation is 2. The molecular formula is C28H21N3OS2. The maximum absolute atomic E-state index is 13.8. The number of rotatable bonds is 2. The number of para-hydroxylation sites is 1. The number of hydrogen-bond donors (Lipinski definition) is 0. The maximum atomic E-state index is 13.8. The molecule has 0 bridgehead atoms. The number of fused-ring (bicyclic) bond motifs is 4. The van der Waals surface area contributed by atoms with Crippen molar-refractivity contribution in [2.45, 2.75) is 18.9 Å². The largest absolute Gasteiger partial charge is 0.350 e. The lowest BCUT2D eigenvalue weighted by molar-refractivity contribution is 0.593. The van der Waals surface area contributed by atoms with E-state index >= 15 is 0 Å². The van der Waals surface area contributed by atoms with Crippen molar-refractivity contribution in [2.75, 3.05) is 0 Å². The van der Waals surface area contributed by atoms with Gasteiger partial charge in [0, 0.05) is 40.2 Å². The van der Waals surface area contributed by atoms with E-state index in [0.717, 1.165) is 44.3 Å². The van der Waals surface area contributed by atoms with E-state index in [1.54, 1.807) is 11.3 Å². The first kappa shape index (κ1) is 19.9. The van der Waals surface area contributed by atoms with Gasteiger partial charge in [0.1, 0.15) is 0 Å². The highest BCUT2D eigenvalue weighted by atomic mass is 32.1. The molecule has 0 N–H and O–H groups in total. The van der Waals surface area contributed by atoms with Crippen LogP contribution in [-0.4, -0.2) is 9.13 Å². The molecule has 1 aliphatic carbocycles. The Kier molecular flexibility index (Phi) is 4.41. The molecule has 0 radical (unpaired) electrons. The Balaban J connectivity index is 1.50. The zero-order valence-electron chi connectivity index (χ0n) is 18.6. The third kappa shape index (κ3) is 2.89. The summed E-state index contributed by atoms with van der Waals surface area (Å²) < 4.78 is 4.77. The molecule has 0 fully saturated rings. The van der Waals surface area contributed by atoms with Gasteiger partial charge in [0.2, 0.25) is 0 Å². The fraction of sp³-hybridized carbons (Fsp3) is 0.143. The van der Waals surface area contributed by atoms with Crippen molar-refractivity contribution in [2.24, 2.45) is 12.0 Å². The first-order chi connectivity index (χ1) is 16.7. The molecule has 0 saturated heterocycles. The van der Waals surface area contributed by atoms with Gasteiger partial charge in [-0.3, -0.25) is 9.36 Å². The highest BCUT2D eigenvalue weighted by Gasteiger charge is 2.33. The molecule has 0 amide bonds. The fourth-order valence-electron chi connectivity index (χ4n) is 5.35. The summed E-state index contributed by atoms with van der Waals surface area (Å²) in [6, 6.07) is 21.0. The molecule has 1 aliphatic heterocycles. The van der Waals surface area contributed by atoms with Crippen molar-refractivity contribution < 1.29 is 0 Å². The Morgan fingerprint density at radius 2 is 1.88 bits per heavy atom. The molecule has 5 aromatic rings. The van der Waals surface area contributed by atoms with Crippen LogP contribution < -0.4 is 14.9 Å². The van der Waals surface area contributed by atoms with Gasteiger partial charge in [0.05, 0.1) is 16.3 Å². The Morgan fingerprint density at radius 1 is 1.03 bits per heavy atom. The average Bonchev–Trinajstić information content (AvgIpc) is 3.58. The maximum Gasteiger partial charge on any atom is 0.271 e. The van der Waals surface area contributed by atoms with Crippen molar-refractivity contribution in [3.63, 3.8) is 0 Å². The minimum atomic E-state index is -0.0886. The van der Waals surface area contributed by atoms with Crippen LogP contribution >= 0.6 is 22.7 Å². The molecule has 34 heavy (non-hydrogen) atoms. The Labute approximate surface area is 204 Å². The minimum absolute atomic E-state index is 0.0421. The Bertz CT molecular complexity index is 1800. The van der Waals surface area contributed by atoms with Crippen LogP contribution in [0.3, 0.4) is 0 Å². The van der Waals surface area contributed by atoms with Gasteiger partial charge in [0.15, 0.2) is 4.80 Å². The number of allylic oxidation sites excluding steroid dienone is 1. The van der Waals surface area contributed by atoms with E-state index in [-0.39, 0.29) is 11.6 Å². The predicted octanol–water partition coefficient (Wildman–Crippen LogP) is 4.87. The van der Waals surface area contributed by atoms with Crippen LogP contribution in [-0.2, 0) is 13.5 Å². The molecule has 0 spiro atoms. The highest BCUT2D eigenvalue weighted by Crippen LogP contribution is 2.42. The Hall–Kier alpha value is -3.48. The zero-order valence-corrected chi connectivity index (χ0v) is 20.2. The van der Waals surface area contributed by atoms with Gasteiger partial charge in [-0.2, -0.15) is 0 Å². The van der Waals surface area contributed by atoms with Gasteiger partial charge in [0.25, 0.3) is 5.56 Å².